The SMILES string of the molecule is Cn1nnc2ccc(C(=O)NS(=O)(=O)c3cccc(Cl)c3)cc21. The third-order valence-electron chi connectivity index (χ3n) is 3.21. The van der Waals surface area contributed by atoms with Crippen LogP contribution in [0.15, 0.2) is 47.4 Å². The Labute approximate surface area is 136 Å². The summed E-state index contributed by atoms with van der Waals surface area (Å²) in [4.78, 5) is 12.1. The van der Waals surface area contributed by atoms with Crippen LogP contribution in [-0.2, 0) is 17.1 Å². The molecule has 1 amide bonds. The summed E-state index contributed by atoms with van der Waals surface area (Å²) in [7, 11) is -2.32. The largest absolute Gasteiger partial charge is 0.268 e. The van der Waals surface area contributed by atoms with Gasteiger partial charge in [-0.05, 0) is 36.4 Å². The lowest BCUT2D eigenvalue weighted by atomic mass is 10.2. The van der Waals surface area contributed by atoms with Crippen molar-refractivity contribution in [3.8, 4) is 0 Å². The zero-order valence-electron chi connectivity index (χ0n) is 11.9. The highest BCUT2D eigenvalue weighted by Gasteiger charge is 2.19. The lowest BCUT2D eigenvalue weighted by Crippen LogP contribution is -2.30. The highest BCUT2D eigenvalue weighted by atomic mass is 35.5. The number of amides is 1. The Kier molecular flexibility index (Phi) is 3.78. The molecule has 0 bridgehead atoms. The Morgan fingerprint density at radius 1 is 1.22 bits per heavy atom. The lowest BCUT2D eigenvalue weighted by molar-refractivity contribution is 0.0981. The second kappa shape index (κ2) is 5.64. The molecule has 0 saturated carbocycles. The summed E-state index contributed by atoms with van der Waals surface area (Å²) in [6, 6.07) is 10.3. The Morgan fingerprint density at radius 2 is 2.00 bits per heavy atom. The van der Waals surface area contributed by atoms with Crippen LogP contribution in [0.1, 0.15) is 10.4 Å². The van der Waals surface area contributed by atoms with Crippen molar-refractivity contribution in [1.82, 2.24) is 19.7 Å². The molecule has 0 aliphatic heterocycles. The van der Waals surface area contributed by atoms with E-state index in [4.69, 9.17) is 11.6 Å². The van der Waals surface area contributed by atoms with Gasteiger partial charge in [-0.25, -0.2) is 17.8 Å². The van der Waals surface area contributed by atoms with Gasteiger partial charge in [-0.2, -0.15) is 0 Å². The van der Waals surface area contributed by atoms with Gasteiger partial charge in [0.15, 0.2) is 0 Å². The number of nitrogens with zero attached hydrogens (tertiary/aromatic N) is 3. The number of hydrogen-bond acceptors (Lipinski definition) is 5. The maximum atomic E-state index is 12.2. The molecule has 0 unspecified atom stereocenters. The Hall–Kier alpha value is -2.45. The van der Waals surface area contributed by atoms with Gasteiger partial charge < -0.3 is 0 Å². The van der Waals surface area contributed by atoms with Crippen LogP contribution in [0, 0.1) is 0 Å². The van der Waals surface area contributed by atoms with Gasteiger partial charge in [0.05, 0.1) is 10.4 Å². The molecule has 1 N–H and O–H groups in total. The van der Waals surface area contributed by atoms with Crippen LogP contribution in [0.5, 0.6) is 0 Å². The molecule has 3 rings (SSSR count). The number of hydrogen-bond donors (Lipinski definition) is 1. The predicted molar refractivity (Wildman–Crippen MR) is 84.6 cm³/mol. The second-order valence-electron chi connectivity index (χ2n) is 4.81. The summed E-state index contributed by atoms with van der Waals surface area (Å²) in [5, 5.41) is 8.00. The Bertz CT molecular complexity index is 1010. The molecule has 118 valence electrons. The molecule has 2 aromatic carbocycles. The molecule has 0 atom stereocenters. The molecule has 9 heteroatoms. The number of aromatic nitrogens is 3. The van der Waals surface area contributed by atoms with Crippen LogP contribution < -0.4 is 4.72 Å². The maximum Gasteiger partial charge on any atom is 0.265 e. The van der Waals surface area contributed by atoms with Crippen molar-refractivity contribution in [2.45, 2.75) is 4.90 Å². The van der Waals surface area contributed by atoms with Crippen molar-refractivity contribution in [2.24, 2.45) is 7.05 Å². The molecule has 0 radical (unpaired) electrons. The summed E-state index contributed by atoms with van der Waals surface area (Å²) in [6.45, 7) is 0. The van der Waals surface area contributed by atoms with E-state index in [0.29, 0.717) is 11.0 Å². The van der Waals surface area contributed by atoms with Gasteiger partial charge in [0, 0.05) is 17.6 Å². The fourth-order valence-electron chi connectivity index (χ4n) is 2.05. The number of rotatable bonds is 3. The van der Waals surface area contributed by atoms with Crippen LogP contribution in [0.4, 0.5) is 0 Å². The lowest BCUT2D eigenvalue weighted by Gasteiger charge is -2.07. The molecule has 23 heavy (non-hydrogen) atoms. The van der Waals surface area contributed by atoms with Crippen LogP contribution in [0.2, 0.25) is 5.02 Å². The van der Waals surface area contributed by atoms with Gasteiger partial charge in [0.2, 0.25) is 0 Å². The van der Waals surface area contributed by atoms with Gasteiger partial charge in [-0.3, -0.25) is 4.79 Å². The molecule has 1 heterocycles. The molecule has 3 aromatic rings. The average Bonchev–Trinajstić information content (AvgIpc) is 2.88. The van der Waals surface area contributed by atoms with E-state index in [-0.39, 0.29) is 15.5 Å². The number of benzene rings is 2. The number of halogens is 1. The highest BCUT2D eigenvalue weighted by molar-refractivity contribution is 7.90. The van der Waals surface area contributed by atoms with Crippen molar-refractivity contribution in [3.63, 3.8) is 0 Å². The van der Waals surface area contributed by atoms with Gasteiger partial charge in [-0.1, -0.05) is 22.9 Å². The minimum absolute atomic E-state index is 0.0818. The number of carbonyl (C=O) groups excluding carboxylic acids is 1. The van der Waals surface area contributed by atoms with Gasteiger partial charge >= 0.3 is 0 Å². The topological polar surface area (TPSA) is 93.9 Å². The fraction of sp³-hybridized carbons (Fsp3) is 0.0714. The Balaban J connectivity index is 1.92. The smallest absolute Gasteiger partial charge is 0.265 e. The van der Waals surface area contributed by atoms with E-state index in [1.165, 1.54) is 35.0 Å². The number of aryl methyl sites for hydroxylation is 1. The normalized spacial score (nSPS) is 11.6. The maximum absolute atomic E-state index is 12.2. The molecule has 0 aliphatic carbocycles. The zero-order valence-corrected chi connectivity index (χ0v) is 13.5. The summed E-state index contributed by atoms with van der Waals surface area (Å²) in [6.07, 6.45) is 0. The molecule has 0 saturated heterocycles. The van der Waals surface area contributed by atoms with E-state index >= 15 is 0 Å². The van der Waals surface area contributed by atoms with Crippen molar-refractivity contribution in [2.75, 3.05) is 0 Å². The van der Waals surface area contributed by atoms with Crippen molar-refractivity contribution in [1.29, 1.82) is 0 Å². The van der Waals surface area contributed by atoms with E-state index in [1.54, 1.807) is 19.2 Å². The molecule has 0 aliphatic rings. The van der Waals surface area contributed by atoms with E-state index in [9.17, 15) is 13.2 Å². The molecule has 1 aromatic heterocycles. The first-order chi connectivity index (χ1) is 10.9. The fourth-order valence-corrected chi connectivity index (χ4v) is 3.32. The summed E-state index contributed by atoms with van der Waals surface area (Å²) in [5.74, 6) is -0.743. The first-order valence-electron chi connectivity index (χ1n) is 6.49. The zero-order chi connectivity index (χ0) is 16.6. The minimum atomic E-state index is -4.00. The van der Waals surface area contributed by atoms with Crippen LogP contribution in [0.3, 0.4) is 0 Å². The first-order valence-corrected chi connectivity index (χ1v) is 8.35. The van der Waals surface area contributed by atoms with Crippen LogP contribution in [0.25, 0.3) is 11.0 Å². The molecule has 0 spiro atoms. The van der Waals surface area contributed by atoms with Gasteiger partial charge in [-0.15, -0.1) is 5.10 Å². The van der Waals surface area contributed by atoms with E-state index in [2.05, 4.69) is 10.3 Å². The number of fused-ring (bicyclic) bond motifs is 1. The first kappa shape index (κ1) is 15.4. The van der Waals surface area contributed by atoms with E-state index < -0.39 is 15.9 Å². The third-order valence-corrected chi connectivity index (χ3v) is 4.77. The van der Waals surface area contributed by atoms with Crippen molar-refractivity contribution < 1.29 is 13.2 Å². The summed E-state index contributed by atoms with van der Waals surface area (Å²) >= 11 is 5.78. The molecular weight excluding hydrogens is 340 g/mol. The standard InChI is InChI=1S/C14H11ClN4O3S/c1-19-13-7-9(5-6-12(13)16-18-19)14(20)17-23(21,22)11-4-2-3-10(15)8-11/h2-8H,1H3,(H,17,20). The number of carbonyl (C=O) groups is 1. The van der Waals surface area contributed by atoms with Crippen LogP contribution >= 0.6 is 11.6 Å². The second-order valence-corrected chi connectivity index (χ2v) is 6.93. The third kappa shape index (κ3) is 3.03. The minimum Gasteiger partial charge on any atom is -0.268 e. The summed E-state index contributed by atoms with van der Waals surface area (Å²) in [5.41, 5.74) is 1.42. The number of sulfonamides is 1. The molecule has 7 nitrogen and oxygen atoms in total. The number of nitrogens with one attached hydrogen (secondary N) is 1. The average molecular weight is 351 g/mol. The monoisotopic (exact) mass is 350 g/mol. The van der Waals surface area contributed by atoms with Crippen molar-refractivity contribution in [3.05, 3.63) is 53.1 Å². The van der Waals surface area contributed by atoms with Gasteiger partial charge in [0.25, 0.3) is 15.9 Å². The molecular formula is C14H11ClN4O3S. The van der Waals surface area contributed by atoms with Gasteiger partial charge in [0.1, 0.15) is 5.52 Å². The summed E-state index contributed by atoms with van der Waals surface area (Å²) < 4.78 is 28.0. The Morgan fingerprint density at radius 3 is 2.74 bits per heavy atom. The van der Waals surface area contributed by atoms with E-state index in [1.807, 2.05) is 4.72 Å². The quantitative estimate of drug-likeness (QED) is 0.776. The van der Waals surface area contributed by atoms with Crippen LogP contribution in [-0.4, -0.2) is 29.3 Å². The van der Waals surface area contributed by atoms with E-state index in [0.717, 1.165) is 0 Å². The molecule has 0 fully saturated rings. The predicted octanol–water partition coefficient (Wildman–Crippen LogP) is 1.74. The van der Waals surface area contributed by atoms with Crippen molar-refractivity contribution >= 4 is 38.6 Å². The highest BCUT2D eigenvalue weighted by Crippen LogP contribution is 2.17.